The first-order chi connectivity index (χ1) is 11.1. The van der Waals surface area contributed by atoms with Crippen LogP contribution in [0.5, 0.6) is 5.75 Å². The van der Waals surface area contributed by atoms with E-state index in [4.69, 9.17) is 14.0 Å². The van der Waals surface area contributed by atoms with E-state index in [1.54, 1.807) is 6.92 Å². The predicted octanol–water partition coefficient (Wildman–Crippen LogP) is 3.57. The van der Waals surface area contributed by atoms with Crippen molar-refractivity contribution in [1.82, 2.24) is 5.16 Å². The zero-order valence-corrected chi connectivity index (χ0v) is 13.0. The summed E-state index contributed by atoms with van der Waals surface area (Å²) in [7, 11) is 0. The number of aryl methyl sites for hydroxylation is 2. The number of esters is 1. The van der Waals surface area contributed by atoms with Gasteiger partial charge in [-0.3, -0.25) is 0 Å². The number of rotatable bonds is 5. The monoisotopic (exact) mass is 311 g/mol. The lowest BCUT2D eigenvalue weighted by Gasteiger charge is -2.08. The number of hydrogen-bond acceptors (Lipinski definition) is 5. The Bertz CT molecular complexity index is 818. The second kappa shape index (κ2) is 6.52. The Morgan fingerprint density at radius 3 is 2.65 bits per heavy atom. The van der Waals surface area contributed by atoms with Crippen LogP contribution in [0.2, 0.25) is 0 Å². The number of fused-ring (bicyclic) bond motifs is 1. The van der Waals surface area contributed by atoms with Crippen molar-refractivity contribution in [2.75, 3.05) is 6.61 Å². The Morgan fingerprint density at radius 2 is 1.91 bits per heavy atom. The van der Waals surface area contributed by atoms with E-state index in [2.05, 4.69) is 5.16 Å². The molecule has 0 fully saturated rings. The second-order valence-corrected chi connectivity index (χ2v) is 5.26. The third-order valence-electron chi connectivity index (χ3n) is 3.64. The Kier molecular flexibility index (Phi) is 4.28. The minimum atomic E-state index is -0.432. The fraction of sp³-hybridized carbons (Fsp3) is 0.222. The highest BCUT2D eigenvalue weighted by atomic mass is 16.6. The summed E-state index contributed by atoms with van der Waals surface area (Å²) in [6.45, 7) is 3.60. The molecule has 1 aromatic heterocycles. The van der Waals surface area contributed by atoms with Crippen molar-refractivity contribution in [2.24, 2.45) is 0 Å². The lowest BCUT2D eigenvalue weighted by Crippen LogP contribution is -2.15. The van der Waals surface area contributed by atoms with Gasteiger partial charge in [0.15, 0.2) is 6.61 Å². The summed E-state index contributed by atoms with van der Waals surface area (Å²) in [6, 6.07) is 13.7. The molecule has 0 atom stereocenters. The summed E-state index contributed by atoms with van der Waals surface area (Å²) in [5.74, 6) is 0.863. The van der Waals surface area contributed by atoms with Gasteiger partial charge in [-0.15, -0.1) is 0 Å². The SMILES string of the molecule is Cc1noc(C)c1COC(=O)COc1ccc2ccccc2c1. The van der Waals surface area contributed by atoms with Crippen LogP contribution < -0.4 is 4.74 Å². The highest BCUT2D eigenvalue weighted by Gasteiger charge is 2.12. The summed E-state index contributed by atoms with van der Waals surface area (Å²) in [5.41, 5.74) is 1.52. The molecule has 0 bridgehead atoms. The molecule has 118 valence electrons. The van der Waals surface area contributed by atoms with E-state index in [0.29, 0.717) is 11.5 Å². The Morgan fingerprint density at radius 1 is 1.13 bits per heavy atom. The van der Waals surface area contributed by atoms with Gasteiger partial charge in [0.2, 0.25) is 0 Å². The van der Waals surface area contributed by atoms with Gasteiger partial charge in [-0.2, -0.15) is 0 Å². The van der Waals surface area contributed by atoms with Gasteiger partial charge in [0.05, 0.1) is 11.3 Å². The Labute approximate surface area is 133 Å². The van der Waals surface area contributed by atoms with Gasteiger partial charge in [-0.1, -0.05) is 35.5 Å². The molecule has 0 saturated carbocycles. The molecule has 3 aromatic rings. The number of hydrogen-bond donors (Lipinski definition) is 0. The second-order valence-electron chi connectivity index (χ2n) is 5.26. The summed E-state index contributed by atoms with van der Waals surface area (Å²) in [5, 5.41) is 6.01. The summed E-state index contributed by atoms with van der Waals surface area (Å²) in [6.07, 6.45) is 0. The van der Waals surface area contributed by atoms with Crippen molar-refractivity contribution >= 4 is 16.7 Å². The molecule has 0 radical (unpaired) electrons. The van der Waals surface area contributed by atoms with E-state index in [0.717, 1.165) is 22.0 Å². The molecule has 3 rings (SSSR count). The average molecular weight is 311 g/mol. The molecule has 5 nitrogen and oxygen atoms in total. The van der Waals surface area contributed by atoms with Gasteiger partial charge in [-0.25, -0.2) is 4.79 Å². The molecule has 1 heterocycles. The van der Waals surface area contributed by atoms with E-state index in [1.807, 2.05) is 49.4 Å². The predicted molar refractivity (Wildman–Crippen MR) is 85.2 cm³/mol. The molecule has 0 N–H and O–H groups in total. The molecule has 5 heteroatoms. The third-order valence-corrected chi connectivity index (χ3v) is 3.64. The highest BCUT2D eigenvalue weighted by molar-refractivity contribution is 5.83. The van der Waals surface area contributed by atoms with Crippen LogP contribution in [0.1, 0.15) is 17.0 Å². The molecule has 0 amide bonds. The van der Waals surface area contributed by atoms with Gasteiger partial charge < -0.3 is 14.0 Å². The van der Waals surface area contributed by atoms with Crippen LogP contribution in [-0.4, -0.2) is 17.7 Å². The molecule has 0 aliphatic rings. The van der Waals surface area contributed by atoms with Crippen LogP contribution in [0, 0.1) is 13.8 Å². The van der Waals surface area contributed by atoms with Crippen molar-refractivity contribution in [3.63, 3.8) is 0 Å². The molecule has 0 spiro atoms. The highest BCUT2D eigenvalue weighted by Crippen LogP contribution is 2.20. The minimum Gasteiger partial charge on any atom is -0.482 e. The van der Waals surface area contributed by atoms with Crippen LogP contribution in [-0.2, 0) is 16.1 Å². The van der Waals surface area contributed by atoms with Crippen LogP contribution >= 0.6 is 0 Å². The average Bonchev–Trinajstić information content (AvgIpc) is 2.89. The third kappa shape index (κ3) is 3.51. The number of nitrogens with zero attached hydrogens (tertiary/aromatic N) is 1. The Balaban J connectivity index is 1.55. The lowest BCUT2D eigenvalue weighted by atomic mass is 10.1. The van der Waals surface area contributed by atoms with Gasteiger partial charge in [0.1, 0.15) is 18.1 Å². The van der Waals surface area contributed by atoms with Gasteiger partial charge >= 0.3 is 5.97 Å². The Hall–Kier alpha value is -2.82. The smallest absolute Gasteiger partial charge is 0.344 e. The first-order valence-electron chi connectivity index (χ1n) is 7.32. The van der Waals surface area contributed by atoms with E-state index >= 15 is 0 Å². The molecular weight excluding hydrogens is 294 g/mol. The quantitative estimate of drug-likeness (QED) is 0.674. The standard InChI is InChI=1S/C18H17NO4/c1-12-17(13(2)23-19-12)10-22-18(20)11-21-16-8-7-14-5-3-4-6-15(14)9-16/h3-9H,10-11H2,1-2H3. The fourth-order valence-electron chi connectivity index (χ4n) is 2.30. The summed E-state index contributed by atoms with van der Waals surface area (Å²) >= 11 is 0. The van der Waals surface area contributed by atoms with Crippen molar-refractivity contribution in [3.8, 4) is 5.75 Å². The fourth-order valence-corrected chi connectivity index (χ4v) is 2.30. The molecule has 23 heavy (non-hydrogen) atoms. The molecule has 0 aliphatic heterocycles. The topological polar surface area (TPSA) is 61.6 Å². The number of benzene rings is 2. The molecular formula is C18H17NO4. The molecule has 2 aromatic carbocycles. The lowest BCUT2D eigenvalue weighted by molar-refractivity contribution is -0.147. The first kappa shape index (κ1) is 15.1. The zero-order chi connectivity index (χ0) is 16.2. The number of ether oxygens (including phenoxy) is 2. The van der Waals surface area contributed by atoms with Gasteiger partial charge in [0.25, 0.3) is 0 Å². The molecule has 0 saturated heterocycles. The van der Waals surface area contributed by atoms with Gasteiger partial charge in [0, 0.05) is 0 Å². The first-order valence-corrected chi connectivity index (χ1v) is 7.32. The summed E-state index contributed by atoms with van der Waals surface area (Å²) < 4.78 is 15.7. The maximum atomic E-state index is 11.8. The van der Waals surface area contributed by atoms with Crippen molar-refractivity contribution < 1.29 is 18.8 Å². The van der Waals surface area contributed by atoms with Gasteiger partial charge in [-0.05, 0) is 36.8 Å². The van der Waals surface area contributed by atoms with Crippen molar-refractivity contribution in [2.45, 2.75) is 20.5 Å². The molecule has 0 aliphatic carbocycles. The van der Waals surface area contributed by atoms with Crippen LogP contribution in [0.25, 0.3) is 10.8 Å². The van der Waals surface area contributed by atoms with Crippen molar-refractivity contribution in [1.29, 1.82) is 0 Å². The van der Waals surface area contributed by atoms with Crippen molar-refractivity contribution in [3.05, 3.63) is 59.5 Å². The van der Waals surface area contributed by atoms with E-state index in [9.17, 15) is 4.79 Å². The minimum absolute atomic E-state index is 0.137. The maximum Gasteiger partial charge on any atom is 0.344 e. The van der Waals surface area contributed by atoms with E-state index in [1.165, 1.54) is 0 Å². The summed E-state index contributed by atoms with van der Waals surface area (Å²) in [4.78, 5) is 11.8. The van der Waals surface area contributed by atoms with Crippen LogP contribution in [0.4, 0.5) is 0 Å². The normalized spacial score (nSPS) is 10.7. The van der Waals surface area contributed by atoms with Crippen LogP contribution in [0.15, 0.2) is 47.0 Å². The number of carbonyl (C=O) groups excluding carboxylic acids is 1. The number of aromatic nitrogens is 1. The van der Waals surface area contributed by atoms with Crippen LogP contribution in [0.3, 0.4) is 0 Å². The van der Waals surface area contributed by atoms with E-state index < -0.39 is 5.97 Å². The largest absolute Gasteiger partial charge is 0.482 e. The van der Waals surface area contributed by atoms with E-state index in [-0.39, 0.29) is 13.2 Å². The maximum absolute atomic E-state index is 11.8. The molecule has 0 unspecified atom stereocenters. The number of carbonyl (C=O) groups is 1. The zero-order valence-electron chi connectivity index (χ0n) is 13.0.